The molecule has 0 aliphatic heterocycles. The zero-order valence-electron chi connectivity index (χ0n) is 10.9. The number of likely N-dealkylation sites (N-methyl/N-ethyl adjacent to an activating group) is 1. The van der Waals surface area contributed by atoms with Crippen molar-refractivity contribution in [3.05, 3.63) is 52.3 Å². The Balaban J connectivity index is 2.22. The SMILES string of the molecule is CNC(Cc1cnn(C)c1)c1cc(C)cc(Cl)c1. The van der Waals surface area contributed by atoms with E-state index in [1.54, 1.807) is 0 Å². The van der Waals surface area contributed by atoms with Gasteiger partial charge in [0.05, 0.1) is 6.20 Å². The lowest BCUT2D eigenvalue weighted by Gasteiger charge is -2.16. The van der Waals surface area contributed by atoms with Gasteiger partial charge >= 0.3 is 0 Å². The fraction of sp³-hybridized carbons (Fsp3) is 0.357. The quantitative estimate of drug-likeness (QED) is 0.919. The van der Waals surface area contributed by atoms with Crippen molar-refractivity contribution >= 4 is 11.6 Å². The van der Waals surface area contributed by atoms with E-state index < -0.39 is 0 Å². The van der Waals surface area contributed by atoms with Gasteiger partial charge in [-0.15, -0.1) is 0 Å². The molecule has 1 unspecified atom stereocenters. The molecule has 2 rings (SSSR count). The maximum atomic E-state index is 6.11. The van der Waals surface area contributed by atoms with Gasteiger partial charge in [-0.1, -0.05) is 17.7 Å². The predicted molar refractivity (Wildman–Crippen MR) is 74.9 cm³/mol. The van der Waals surface area contributed by atoms with Crippen LogP contribution in [-0.2, 0) is 13.5 Å². The van der Waals surface area contributed by atoms with E-state index in [-0.39, 0.29) is 6.04 Å². The Bertz CT molecular complexity index is 513. The molecule has 0 radical (unpaired) electrons. The molecule has 0 aliphatic rings. The normalized spacial score (nSPS) is 12.7. The van der Waals surface area contributed by atoms with Crippen molar-refractivity contribution in [3.8, 4) is 0 Å². The standard InChI is InChI=1S/C14H18ClN3/c1-10-4-12(7-13(15)5-10)14(16-2)6-11-8-17-18(3)9-11/h4-5,7-9,14,16H,6H2,1-3H3. The van der Waals surface area contributed by atoms with Gasteiger partial charge in [0.15, 0.2) is 0 Å². The second kappa shape index (κ2) is 5.55. The van der Waals surface area contributed by atoms with Crippen molar-refractivity contribution in [2.24, 2.45) is 7.05 Å². The number of aromatic nitrogens is 2. The van der Waals surface area contributed by atoms with Crippen molar-refractivity contribution in [2.45, 2.75) is 19.4 Å². The fourth-order valence-electron chi connectivity index (χ4n) is 2.17. The maximum absolute atomic E-state index is 6.11. The van der Waals surface area contributed by atoms with Crippen LogP contribution in [0.5, 0.6) is 0 Å². The minimum Gasteiger partial charge on any atom is -0.313 e. The summed E-state index contributed by atoms with van der Waals surface area (Å²) in [5.74, 6) is 0. The molecule has 1 N–H and O–H groups in total. The van der Waals surface area contributed by atoms with E-state index in [0.29, 0.717) is 0 Å². The summed E-state index contributed by atoms with van der Waals surface area (Å²) in [6, 6.07) is 6.42. The third-order valence-corrected chi connectivity index (χ3v) is 3.23. The van der Waals surface area contributed by atoms with Crippen LogP contribution in [0.25, 0.3) is 0 Å². The third-order valence-electron chi connectivity index (χ3n) is 3.01. The molecule has 1 atom stereocenters. The number of hydrogen-bond donors (Lipinski definition) is 1. The van der Waals surface area contributed by atoms with Crippen molar-refractivity contribution in [1.29, 1.82) is 0 Å². The van der Waals surface area contributed by atoms with Crippen molar-refractivity contribution in [1.82, 2.24) is 15.1 Å². The highest BCUT2D eigenvalue weighted by molar-refractivity contribution is 6.30. The average molecular weight is 264 g/mol. The highest BCUT2D eigenvalue weighted by atomic mass is 35.5. The average Bonchev–Trinajstić information content (AvgIpc) is 2.70. The van der Waals surface area contributed by atoms with Gasteiger partial charge in [0.1, 0.15) is 0 Å². The molecule has 0 spiro atoms. The molecule has 0 amide bonds. The molecule has 1 aromatic carbocycles. The second-order valence-corrected chi connectivity index (χ2v) is 5.07. The van der Waals surface area contributed by atoms with Crippen LogP contribution in [0.3, 0.4) is 0 Å². The number of halogens is 1. The summed E-state index contributed by atoms with van der Waals surface area (Å²) < 4.78 is 1.82. The van der Waals surface area contributed by atoms with Gasteiger partial charge in [-0.2, -0.15) is 5.10 Å². The highest BCUT2D eigenvalue weighted by Crippen LogP contribution is 2.23. The van der Waals surface area contributed by atoms with Crippen molar-refractivity contribution in [3.63, 3.8) is 0 Å². The summed E-state index contributed by atoms with van der Waals surface area (Å²) in [6.07, 6.45) is 4.85. The molecular formula is C14H18ClN3. The van der Waals surface area contributed by atoms with Gasteiger partial charge in [-0.25, -0.2) is 0 Å². The lowest BCUT2D eigenvalue weighted by Crippen LogP contribution is -2.18. The van der Waals surface area contributed by atoms with E-state index in [4.69, 9.17) is 11.6 Å². The Morgan fingerprint density at radius 2 is 2.17 bits per heavy atom. The second-order valence-electron chi connectivity index (χ2n) is 4.63. The molecule has 3 nitrogen and oxygen atoms in total. The molecular weight excluding hydrogens is 246 g/mol. The summed E-state index contributed by atoms with van der Waals surface area (Å²) in [4.78, 5) is 0. The number of nitrogens with one attached hydrogen (secondary N) is 1. The molecule has 0 aliphatic carbocycles. The molecule has 96 valence electrons. The first-order valence-corrected chi connectivity index (χ1v) is 6.38. The summed E-state index contributed by atoms with van der Waals surface area (Å²) in [7, 11) is 3.90. The minimum atomic E-state index is 0.256. The van der Waals surface area contributed by atoms with Crippen LogP contribution < -0.4 is 5.32 Å². The number of benzene rings is 1. The lowest BCUT2D eigenvalue weighted by atomic mass is 9.99. The van der Waals surface area contributed by atoms with Crippen LogP contribution >= 0.6 is 11.6 Å². The number of rotatable bonds is 4. The zero-order valence-corrected chi connectivity index (χ0v) is 11.7. The monoisotopic (exact) mass is 263 g/mol. The molecule has 0 saturated heterocycles. The third kappa shape index (κ3) is 3.12. The first-order chi connectivity index (χ1) is 8.58. The summed E-state index contributed by atoms with van der Waals surface area (Å²) in [6.45, 7) is 2.06. The largest absolute Gasteiger partial charge is 0.313 e. The van der Waals surface area contributed by atoms with Gasteiger partial charge in [0.25, 0.3) is 0 Å². The number of hydrogen-bond acceptors (Lipinski definition) is 2. The van der Waals surface area contributed by atoms with E-state index in [2.05, 4.69) is 23.4 Å². The van der Waals surface area contributed by atoms with Crippen LogP contribution in [0.15, 0.2) is 30.6 Å². The smallest absolute Gasteiger partial charge is 0.0522 e. The van der Waals surface area contributed by atoms with Crippen LogP contribution in [0.1, 0.15) is 22.7 Å². The molecule has 0 saturated carbocycles. The summed E-state index contributed by atoms with van der Waals surface area (Å²) >= 11 is 6.11. The Morgan fingerprint density at radius 1 is 1.39 bits per heavy atom. The first-order valence-electron chi connectivity index (χ1n) is 6.00. The molecule has 0 bridgehead atoms. The highest BCUT2D eigenvalue weighted by Gasteiger charge is 2.12. The van der Waals surface area contributed by atoms with Crippen molar-refractivity contribution in [2.75, 3.05) is 7.05 Å². The summed E-state index contributed by atoms with van der Waals surface area (Å²) in [5.41, 5.74) is 3.62. The number of aryl methyl sites for hydroxylation is 2. The van der Waals surface area contributed by atoms with E-state index in [1.165, 1.54) is 16.7 Å². The lowest BCUT2D eigenvalue weighted by molar-refractivity contribution is 0.591. The Hall–Kier alpha value is -1.32. The van der Waals surface area contributed by atoms with Gasteiger partial charge in [0.2, 0.25) is 0 Å². The predicted octanol–water partition coefficient (Wildman–Crippen LogP) is 2.89. The molecule has 0 fully saturated rings. The van der Waals surface area contributed by atoms with E-state index in [1.807, 2.05) is 43.3 Å². The van der Waals surface area contributed by atoms with Gasteiger partial charge in [-0.3, -0.25) is 4.68 Å². The van der Waals surface area contributed by atoms with E-state index in [0.717, 1.165) is 11.4 Å². The van der Waals surface area contributed by atoms with Gasteiger partial charge < -0.3 is 5.32 Å². The Kier molecular flexibility index (Phi) is 4.04. The fourth-order valence-corrected chi connectivity index (χ4v) is 2.46. The summed E-state index contributed by atoms with van der Waals surface area (Å²) in [5, 5.41) is 8.32. The molecule has 1 aromatic heterocycles. The zero-order chi connectivity index (χ0) is 13.1. The maximum Gasteiger partial charge on any atom is 0.0522 e. The van der Waals surface area contributed by atoms with Gasteiger partial charge in [-0.05, 0) is 49.2 Å². The van der Waals surface area contributed by atoms with Crippen LogP contribution in [-0.4, -0.2) is 16.8 Å². The van der Waals surface area contributed by atoms with E-state index in [9.17, 15) is 0 Å². The van der Waals surface area contributed by atoms with Gasteiger partial charge in [0, 0.05) is 24.3 Å². The van der Waals surface area contributed by atoms with Crippen molar-refractivity contribution < 1.29 is 0 Å². The molecule has 1 heterocycles. The molecule has 4 heteroatoms. The topological polar surface area (TPSA) is 29.9 Å². The van der Waals surface area contributed by atoms with Crippen LogP contribution in [0, 0.1) is 6.92 Å². The molecule has 18 heavy (non-hydrogen) atoms. The minimum absolute atomic E-state index is 0.256. The van der Waals surface area contributed by atoms with Crippen LogP contribution in [0.4, 0.5) is 0 Å². The number of nitrogens with zero attached hydrogens (tertiary/aromatic N) is 2. The molecule has 2 aromatic rings. The Morgan fingerprint density at radius 3 is 2.72 bits per heavy atom. The van der Waals surface area contributed by atoms with E-state index >= 15 is 0 Å². The van der Waals surface area contributed by atoms with Crippen LogP contribution in [0.2, 0.25) is 5.02 Å². The Labute approximate surface area is 113 Å². The first kappa shape index (κ1) is 13.1.